The van der Waals surface area contributed by atoms with Crippen LogP contribution in [0.15, 0.2) is 47.5 Å². The van der Waals surface area contributed by atoms with Gasteiger partial charge in [-0.05, 0) is 36.2 Å². The normalized spacial score (nSPS) is 12.5. The summed E-state index contributed by atoms with van der Waals surface area (Å²) in [6.45, 7) is -0.172. The largest absolute Gasteiger partial charge is 0.497 e. The smallest absolute Gasteiger partial charge is 0.261 e. The summed E-state index contributed by atoms with van der Waals surface area (Å²) in [7, 11) is -2.30. The minimum Gasteiger partial charge on any atom is -0.497 e. The fourth-order valence-electron chi connectivity index (χ4n) is 3.20. The van der Waals surface area contributed by atoms with E-state index < -0.39 is 32.4 Å². The lowest BCUT2D eigenvalue weighted by Gasteiger charge is -2.14. The number of nitrogens with one attached hydrogen (secondary N) is 1. The molecular formula is C20H20FN3O6S. The molecule has 0 fully saturated rings. The number of carbonyl (C=O) groups is 1. The molecule has 9 nitrogen and oxygen atoms in total. The maximum absolute atomic E-state index is 14.8. The number of rotatable bonds is 7. The summed E-state index contributed by atoms with van der Waals surface area (Å²) in [5.41, 5.74) is 1.83. The molecule has 0 aliphatic heterocycles. The highest BCUT2D eigenvalue weighted by Crippen LogP contribution is 2.27. The summed E-state index contributed by atoms with van der Waals surface area (Å²) in [6, 6.07) is 9.27. The van der Waals surface area contributed by atoms with Gasteiger partial charge in [0, 0.05) is 18.4 Å². The third-order valence-corrected chi connectivity index (χ3v) is 6.35. The molecule has 0 radical (unpaired) electrons. The van der Waals surface area contributed by atoms with Gasteiger partial charge in [0.05, 0.1) is 24.3 Å². The average Bonchev–Trinajstić information content (AvgIpc) is 2.74. The average molecular weight is 449 g/mol. The van der Waals surface area contributed by atoms with Crippen LogP contribution in [0.4, 0.5) is 4.39 Å². The van der Waals surface area contributed by atoms with Gasteiger partial charge in [0.2, 0.25) is 0 Å². The van der Waals surface area contributed by atoms with Crippen molar-refractivity contribution in [2.24, 2.45) is 0 Å². The zero-order valence-electron chi connectivity index (χ0n) is 16.7. The van der Waals surface area contributed by atoms with Crippen LogP contribution >= 0.6 is 0 Å². The van der Waals surface area contributed by atoms with Crippen molar-refractivity contribution in [1.29, 1.82) is 0 Å². The maximum atomic E-state index is 14.8. The van der Waals surface area contributed by atoms with Gasteiger partial charge in [-0.15, -0.1) is 0 Å². The van der Waals surface area contributed by atoms with Crippen molar-refractivity contribution in [2.45, 2.75) is 18.2 Å². The molecule has 0 aliphatic rings. The lowest BCUT2D eigenvalue weighted by molar-refractivity contribution is -0.128. The van der Waals surface area contributed by atoms with E-state index in [0.717, 1.165) is 16.9 Å². The molecule has 2 N–H and O–H groups in total. The van der Waals surface area contributed by atoms with Gasteiger partial charge < -0.3 is 4.74 Å². The molecule has 1 aromatic heterocycles. The second-order valence-electron chi connectivity index (χ2n) is 6.90. The van der Waals surface area contributed by atoms with E-state index in [-0.39, 0.29) is 29.4 Å². The summed E-state index contributed by atoms with van der Waals surface area (Å²) < 4.78 is 44.5. The first-order chi connectivity index (χ1) is 14.7. The van der Waals surface area contributed by atoms with Gasteiger partial charge in [-0.25, -0.2) is 23.3 Å². The molecule has 0 saturated heterocycles. The first-order valence-corrected chi connectivity index (χ1v) is 11.1. The number of halogens is 1. The molecule has 11 heteroatoms. The van der Waals surface area contributed by atoms with Crippen molar-refractivity contribution >= 4 is 26.6 Å². The van der Waals surface area contributed by atoms with Crippen molar-refractivity contribution in [2.75, 3.05) is 13.4 Å². The Hall–Kier alpha value is -3.31. The molecule has 0 spiro atoms. The third-order valence-electron chi connectivity index (χ3n) is 4.87. The standard InChI is InChI=1S/C20H20FN3O6S/c1-30-13-5-3-12(4-6-13)14-10-17-15(9-16(14)21)20(26)24(11-22-17)8-7-18(19(25)23-27)31(2,28)29/h3-6,9-11,18,27H,7-8H2,1-2H3,(H,23,25)/t18-/m0/s1. The highest BCUT2D eigenvalue weighted by Gasteiger charge is 2.28. The molecule has 0 saturated carbocycles. The first-order valence-electron chi connectivity index (χ1n) is 9.11. The molecule has 1 heterocycles. The highest BCUT2D eigenvalue weighted by atomic mass is 32.2. The molecule has 0 unspecified atom stereocenters. The van der Waals surface area contributed by atoms with E-state index in [1.807, 2.05) is 0 Å². The molecule has 2 aromatic carbocycles. The van der Waals surface area contributed by atoms with Crippen LogP contribution in [0.1, 0.15) is 6.42 Å². The maximum Gasteiger partial charge on any atom is 0.261 e. The number of sulfone groups is 1. The zero-order chi connectivity index (χ0) is 22.8. The second kappa shape index (κ2) is 8.82. The van der Waals surface area contributed by atoms with Gasteiger partial charge >= 0.3 is 0 Å². The molecule has 1 amide bonds. The van der Waals surface area contributed by atoms with Crippen LogP contribution in [0.5, 0.6) is 5.75 Å². The molecule has 1 atom stereocenters. The predicted molar refractivity (Wildman–Crippen MR) is 111 cm³/mol. The van der Waals surface area contributed by atoms with Gasteiger partial charge in [0.25, 0.3) is 11.5 Å². The summed E-state index contributed by atoms with van der Waals surface area (Å²) in [5.74, 6) is -1.10. The van der Waals surface area contributed by atoms with Crippen LogP contribution in [0.2, 0.25) is 0 Å². The van der Waals surface area contributed by atoms with E-state index in [9.17, 15) is 22.4 Å². The van der Waals surface area contributed by atoms with Crippen LogP contribution < -0.4 is 15.8 Å². The monoisotopic (exact) mass is 449 g/mol. The fraction of sp³-hybridized carbons (Fsp3) is 0.250. The van der Waals surface area contributed by atoms with Gasteiger partial charge in [0.1, 0.15) is 16.8 Å². The number of carbonyl (C=O) groups excluding carboxylic acids is 1. The quantitative estimate of drug-likeness (QED) is 0.413. The number of aromatic nitrogens is 2. The lowest BCUT2D eigenvalue weighted by atomic mass is 10.0. The highest BCUT2D eigenvalue weighted by molar-refractivity contribution is 7.92. The Bertz CT molecular complexity index is 1290. The van der Waals surface area contributed by atoms with Crippen molar-refractivity contribution in [3.05, 3.63) is 58.9 Å². The Morgan fingerprint density at radius 3 is 2.55 bits per heavy atom. The van der Waals surface area contributed by atoms with E-state index in [0.29, 0.717) is 11.3 Å². The Labute approximate surface area is 177 Å². The summed E-state index contributed by atoms with van der Waals surface area (Å²) >= 11 is 0. The number of amides is 1. The molecule has 0 aliphatic carbocycles. The van der Waals surface area contributed by atoms with Gasteiger partial charge in [0.15, 0.2) is 9.84 Å². The summed E-state index contributed by atoms with van der Waals surface area (Å²) in [5, 5.41) is 7.21. The number of methoxy groups -OCH3 is 1. The number of fused-ring (bicyclic) bond motifs is 1. The molecule has 0 bridgehead atoms. The topological polar surface area (TPSA) is 128 Å². The Balaban J connectivity index is 1.95. The third kappa shape index (κ3) is 4.72. The number of aryl methyl sites for hydroxylation is 1. The molecule has 3 aromatic rings. The second-order valence-corrected chi connectivity index (χ2v) is 9.13. The van der Waals surface area contributed by atoms with E-state index in [1.165, 1.54) is 25.0 Å². The van der Waals surface area contributed by atoms with Crippen molar-refractivity contribution in [3.63, 3.8) is 0 Å². The zero-order valence-corrected chi connectivity index (χ0v) is 17.5. The molecule has 31 heavy (non-hydrogen) atoms. The van der Waals surface area contributed by atoms with Gasteiger partial charge in [-0.2, -0.15) is 0 Å². The number of nitrogens with zero attached hydrogens (tertiary/aromatic N) is 2. The fourth-order valence-corrected chi connectivity index (χ4v) is 4.17. The molecule has 3 rings (SSSR count). The Morgan fingerprint density at radius 2 is 1.97 bits per heavy atom. The minimum atomic E-state index is -3.83. The Morgan fingerprint density at radius 1 is 1.29 bits per heavy atom. The predicted octanol–water partition coefficient (Wildman–Crippen LogP) is 1.52. The van der Waals surface area contributed by atoms with Crippen LogP contribution in [0.25, 0.3) is 22.0 Å². The molecule has 164 valence electrons. The SMILES string of the molecule is COc1ccc(-c2cc3ncn(CC[C@@H](C(=O)NO)S(C)(=O)=O)c(=O)c3cc2F)cc1. The summed E-state index contributed by atoms with van der Waals surface area (Å²) in [4.78, 5) is 28.6. The van der Waals surface area contributed by atoms with Crippen molar-refractivity contribution < 1.29 is 27.5 Å². The van der Waals surface area contributed by atoms with E-state index in [4.69, 9.17) is 9.94 Å². The number of hydrogen-bond donors (Lipinski definition) is 2. The van der Waals surface area contributed by atoms with Crippen LogP contribution in [-0.2, 0) is 21.2 Å². The van der Waals surface area contributed by atoms with Crippen LogP contribution in [-0.4, -0.2) is 47.7 Å². The van der Waals surface area contributed by atoms with Crippen LogP contribution in [0, 0.1) is 5.82 Å². The van der Waals surface area contributed by atoms with E-state index >= 15 is 0 Å². The first kappa shape index (κ1) is 22.4. The summed E-state index contributed by atoms with van der Waals surface area (Å²) in [6.07, 6.45) is 1.78. The molecular weight excluding hydrogens is 429 g/mol. The number of ether oxygens (including phenoxy) is 1. The Kier molecular flexibility index (Phi) is 6.37. The van der Waals surface area contributed by atoms with Crippen molar-refractivity contribution in [1.82, 2.24) is 15.0 Å². The van der Waals surface area contributed by atoms with E-state index in [2.05, 4.69) is 4.98 Å². The van der Waals surface area contributed by atoms with Gasteiger partial charge in [-0.3, -0.25) is 19.4 Å². The van der Waals surface area contributed by atoms with E-state index in [1.54, 1.807) is 24.3 Å². The number of hydrogen-bond acceptors (Lipinski definition) is 7. The van der Waals surface area contributed by atoms with Crippen LogP contribution in [0.3, 0.4) is 0 Å². The lowest BCUT2D eigenvalue weighted by Crippen LogP contribution is -2.39. The van der Waals surface area contributed by atoms with Gasteiger partial charge in [-0.1, -0.05) is 12.1 Å². The number of benzene rings is 2. The minimum absolute atomic E-state index is 0.0137. The number of hydroxylamine groups is 1. The van der Waals surface area contributed by atoms with Crippen molar-refractivity contribution in [3.8, 4) is 16.9 Å².